The summed E-state index contributed by atoms with van der Waals surface area (Å²) in [5.74, 6) is 0. The van der Waals surface area contributed by atoms with Gasteiger partial charge in [0.2, 0.25) is 0 Å². The van der Waals surface area contributed by atoms with E-state index in [0.717, 1.165) is 23.7 Å². The average Bonchev–Trinajstić information content (AvgIpc) is 2.51. The molecule has 70 valence electrons. The van der Waals surface area contributed by atoms with Gasteiger partial charge in [-0.25, -0.2) is 0 Å². The minimum Gasteiger partial charge on any atom is -0.389 e. The summed E-state index contributed by atoms with van der Waals surface area (Å²) < 4.78 is 1.15. The molecule has 0 bridgehead atoms. The van der Waals surface area contributed by atoms with Crippen LogP contribution in [0.15, 0.2) is 22.0 Å². The van der Waals surface area contributed by atoms with Gasteiger partial charge in [0.15, 0.2) is 0 Å². The molecule has 0 amide bonds. The van der Waals surface area contributed by atoms with Crippen molar-refractivity contribution >= 4 is 32.8 Å². The number of rotatable bonds is 1. The Kier molecular flexibility index (Phi) is 2.86. The van der Waals surface area contributed by atoms with Gasteiger partial charge in [-0.2, -0.15) is 0 Å². The highest BCUT2D eigenvalue weighted by atomic mass is 79.9. The molecular formula is C10H11BrOS. The smallest absolute Gasteiger partial charge is 0.0727 e. The first-order valence-corrected chi connectivity index (χ1v) is 6.07. The van der Waals surface area contributed by atoms with Gasteiger partial charge in [0, 0.05) is 9.35 Å². The van der Waals surface area contributed by atoms with Crippen LogP contribution in [-0.4, -0.2) is 11.2 Å². The number of hydrogen-bond acceptors (Lipinski definition) is 2. The lowest BCUT2D eigenvalue weighted by Crippen LogP contribution is -2.07. The Morgan fingerprint density at radius 1 is 1.54 bits per heavy atom. The summed E-state index contributed by atoms with van der Waals surface area (Å²) in [6.45, 7) is 0. The van der Waals surface area contributed by atoms with E-state index >= 15 is 0 Å². The molecule has 0 fully saturated rings. The maximum atomic E-state index is 9.48. The number of aliphatic hydroxyl groups is 1. The molecule has 13 heavy (non-hydrogen) atoms. The summed E-state index contributed by atoms with van der Waals surface area (Å²) in [5, 5.41) is 11.6. The summed E-state index contributed by atoms with van der Waals surface area (Å²) in [6.07, 6.45) is 4.85. The molecule has 2 rings (SSSR count). The molecular weight excluding hydrogens is 248 g/mol. The van der Waals surface area contributed by atoms with Gasteiger partial charge >= 0.3 is 0 Å². The first kappa shape index (κ1) is 9.44. The van der Waals surface area contributed by atoms with Crippen molar-refractivity contribution in [2.75, 3.05) is 0 Å². The van der Waals surface area contributed by atoms with E-state index in [9.17, 15) is 5.11 Å². The predicted octanol–water partition coefficient (Wildman–Crippen LogP) is 3.44. The Balaban J connectivity index is 2.30. The summed E-state index contributed by atoms with van der Waals surface area (Å²) in [5.41, 5.74) is 1.29. The highest BCUT2D eigenvalue weighted by Crippen LogP contribution is 2.35. The fraction of sp³-hybridized carbons (Fsp3) is 0.400. The lowest BCUT2D eigenvalue weighted by molar-refractivity contribution is 0.206. The molecule has 1 unspecified atom stereocenters. The summed E-state index contributed by atoms with van der Waals surface area (Å²) >= 11 is 5.24. The third kappa shape index (κ3) is 2.03. The Morgan fingerprint density at radius 3 is 3.00 bits per heavy atom. The molecule has 1 nitrogen and oxygen atoms in total. The van der Waals surface area contributed by atoms with Crippen molar-refractivity contribution in [1.29, 1.82) is 0 Å². The molecule has 0 spiro atoms. The van der Waals surface area contributed by atoms with Crippen molar-refractivity contribution in [3.05, 3.63) is 26.9 Å². The standard InChI is InChI=1S/C10H11BrOS/c11-9-4-5-13-10(9)7-2-1-3-8(12)6-7/h4-6,8,12H,1-3H2. The van der Waals surface area contributed by atoms with Gasteiger partial charge in [-0.05, 0) is 52.2 Å². The minimum absolute atomic E-state index is 0.238. The molecule has 1 aromatic heterocycles. The van der Waals surface area contributed by atoms with Gasteiger partial charge in [0.25, 0.3) is 0 Å². The van der Waals surface area contributed by atoms with Crippen molar-refractivity contribution in [3.8, 4) is 0 Å². The van der Waals surface area contributed by atoms with Crippen LogP contribution in [-0.2, 0) is 0 Å². The van der Waals surface area contributed by atoms with Crippen LogP contribution in [0.5, 0.6) is 0 Å². The molecule has 3 heteroatoms. The molecule has 1 atom stereocenters. The van der Waals surface area contributed by atoms with Crippen molar-refractivity contribution in [1.82, 2.24) is 0 Å². The second-order valence-corrected chi connectivity index (χ2v) is 5.02. The second kappa shape index (κ2) is 3.95. The van der Waals surface area contributed by atoms with E-state index in [4.69, 9.17) is 0 Å². The maximum absolute atomic E-state index is 9.48. The number of hydrogen-bond donors (Lipinski definition) is 1. The minimum atomic E-state index is -0.238. The first-order valence-electron chi connectivity index (χ1n) is 4.39. The Labute approximate surface area is 90.2 Å². The molecule has 0 saturated carbocycles. The zero-order chi connectivity index (χ0) is 9.26. The first-order chi connectivity index (χ1) is 6.27. The van der Waals surface area contributed by atoms with E-state index in [0.29, 0.717) is 0 Å². The normalized spacial score (nSPS) is 22.9. The zero-order valence-electron chi connectivity index (χ0n) is 7.16. The highest BCUT2D eigenvalue weighted by molar-refractivity contribution is 9.10. The molecule has 1 heterocycles. The topological polar surface area (TPSA) is 20.2 Å². The molecule has 1 aliphatic carbocycles. The van der Waals surface area contributed by atoms with Crippen molar-refractivity contribution in [2.24, 2.45) is 0 Å². The number of halogens is 1. The van der Waals surface area contributed by atoms with Gasteiger partial charge in [0.1, 0.15) is 0 Å². The third-order valence-corrected chi connectivity index (χ3v) is 4.16. The lowest BCUT2D eigenvalue weighted by Gasteiger charge is -2.16. The second-order valence-electron chi connectivity index (χ2n) is 3.25. The highest BCUT2D eigenvalue weighted by Gasteiger charge is 2.14. The lowest BCUT2D eigenvalue weighted by atomic mass is 9.96. The van der Waals surface area contributed by atoms with Gasteiger partial charge < -0.3 is 5.11 Å². The van der Waals surface area contributed by atoms with Gasteiger partial charge in [0.05, 0.1) is 6.10 Å². The summed E-state index contributed by atoms with van der Waals surface area (Å²) in [4.78, 5) is 1.28. The van der Waals surface area contributed by atoms with Gasteiger partial charge in [-0.3, -0.25) is 0 Å². The van der Waals surface area contributed by atoms with Crippen LogP contribution in [0, 0.1) is 0 Å². The third-order valence-electron chi connectivity index (χ3n) is 2.25. The number of aliphatic hydroxyl groups excluding tert-OH is 1. The van der Waals surface area contributed by atoms with E-state index in [2.05, 4.69) is 27.4 Å². The fourth-order valence-electron chi connectivity index (χ4n) is 1.61. The Morgan fingerprint density at radius 2 is 2.38 bits per heavy atom. The van der Waals surface area contributed by atoms with E-state index in [1.165, 1.54) is 10.5 Å². The van der Waals surface area contributed by atoms with E-state index in [-0.39, 0.29) is 6.10 Å². The SMILES string of the molecule is OC1C=C(c2sccc2Br)CCC1. The van der Waals surface area contributed by atoms with Crippen LogP contribution >= 0.6 is 27.3 Å². The molecule has 1 aliphatic rings. The molecule has 0 radical (unpaired) electrons. The van der Waals surface area contributed by atoms with Gasteiger partial charge in [-0.1, -0.05) is 6.08 Å². The van der Waals surface area contributed by atoms with E-state index in [1.54, 1.807) is 11.3 Å². The van der Waals surface area contributed by atoms with E-state index < -0.39 is 0 Å². The molecule has 1 N–H and O–H groups in total. The quantitative estimate of drug-likeness (QED) is 0.819. The van der Waals surface area contributed by atoms with Crippen LogP contribution < -0.4 is 0 Å². The fourth-order valence-corrected chi connectivity index (χ4v) is 3.30. The monoisotopic (exact) mass is 258 g/mol. The molecule has 0 aliphatic heterocycles. The average molecular weight is 259 g/mol. The molecule has 1 aromatic rings. The van der Waals surface area contributed by atoms with Crippen molar-refractivity contribution in [3.63, 3.8) is 0 Å². The maximum Gasteiger partial charge on any atom is 0.0727 e. The molecule has 0 aromatic carbocycles. The van der Waals surface area contributed by atoms with Crippen LogP contribution in [0.3, 0.4) is 0 Å². The number of thiophene rings is 1. The van der Waals surface area contributed by atoms with Crippen LogP contribution in [0.25, 0.3) is 5.57 Å². The van der Waals surface area contributed by atoms with Crippen LogP contribution in [0.2, 0.25) is 0 Å². The Hall–Kier alpha value is -0.120. The van der Waals surface area contributed by atoms with E-state index in [1.807, 2.05) is 6.08 Å². The zero-order valence-corrected chi connectivity index (χ0v) is 9.57. The van der Waals surface area contributed by atoms with Gasteiger partial charge in [-0.15, -0.1) is 11.3 Å². The van der Waals surface area contributed by atoms with Crippen molar-refractivity contribution < 1.29 is 5.11 Å². The van der Waals surface area contributed by atoms with Crippen LogP contribution in [0.1, 0.15) is 24.1 Å². The van der Waals surface area contributed by atoms with Crippen molar-refractivity contribution in [2.45, 2.75) is 25.4 Å². The molecule has 0 saturated heterocycles. The summed E-state index contributed by atoms with van der Waals surface area (Å²) in [7, 11) is 0. The number of allylic oxidation sites excluding steroid dienone is 1. The van der Waals surface area contributed by atoms with Crippen LogP contribution in [0.4, 0.5) is 0 Å². The predicted molar refractivity (Wildman–Crippen MR) is 59.9 cm³/mol. The summed E-state index contributed by atoms with van der Waals surface area (Å²) in [6, 6.07) is 2.06. The Bertz CT molecular complexity index is 329. The largest absolute Gasteiger partial charge is 0.389 e.